The highest BCUT2D eigenvalue weighted by Gasteiger charge is 2.78. The van der Waals surface area contributed by atoms with Crippen LogP contribution in [0.3, 0.4) is 0 Å². The molecule has 0 fully saturated rings. The normalized spacial score (nSPS) is 22.6. The maximum absolute atomic E-state index is 16.7. The Morgan fingerprint density at radius 2 is 0.588 bits per heavy atom. The van der Waals surface area contributed by atoms with Crippen molar-refractivity contribution in [2.75, 3.05) is 14.2 Å². The lowest BCUT2D eigenvalue weighted by Gasteiger charge is -2.63. The molecule has 1 atom stereocenters. The Balaban J connectivity index is 1.12. The molecule has 0 amide bonds. The van der Waals surface area contributed by atoms with E-state index in [-0.39, 0.29) is 0 Å². The van der Waals surface area contributed by atoms with Gasteiger partial charge in [-0.25, -0.2) is 9.59 Å². The van der Waals surface area contributed by atoms with Crippen LogP contribution in [0.25, 0.3) is 297 Å². The maximum atomic E-state index is 16.7. The van der Waals surface area contributed by atoms with E-state index in [1.165, 1.54) is 261 Å². The molecule has 80 heavy (non-hydrogen) atoms. The lowest BCUT2D eigenvalue weighted by atomic mass is 9.41. The molecule has 2 spiro atoms. The van der Waals surface area contributed by atoms with Crippen LogP contribution in [0.4, 0.5) is 0 Å². The molecule has 0 bridgehead atoms. The fourth-order valence-corrected chi connectivity index (χ4v) is 27.2. The molecule has 0 saturated carbocycles. The van der Waals surface area contributed by atoms with Gasteiger partial charge in [-0.15, -0.1) is 0 Å². The number of fused-ring (bicyclic) bond motifs is 3. The van der Waals surface area contributed by atoms with E-state index in [0.29, 0.717) is 11.3 Å². The Morgan fingerprint density at radius 1 is 0.338 bits per heavy atom. The fraction of sp³-hybridized carbons (Fsp3) is 0.0667. The summed E-state index contributed by atoms with van der Waals surface area (Å²) < 4.78 is 12.6. The summed E-state index contributed by atoms with van der Waals surface area (Å²) in [5, 5.41) is 80.6. The van der Waals surface area contributed by atoms with Crippen molar-refractivity contribution in [1.82, 2.24) is 4.90 Å². The number of benzene rings is 19. The third-order valence-corrected chi connectivity index (χ3v) is 27.4. The minimum absolute atomic E-state index is 0.318. The third-order valence-electron chi connectivity index (χ3n) is 27.4. The molecule has 4 aliphatic carbocycles. The Labute approximate surface area is 436 Å². The van der Waals surface area contributed by atoms with Crippen molar-refractivity contribution in [3.05, 3.63) is 75.1 Å². The average molecular weight is 992 g/mol. The number of ether oxygens (including phenoxy) is 2. The summed E-state index contributed by atoms with van der Waals surface area (Å²) in [4.78, 5) is 34.9. The first kappa shape index (κ1) is 31.3. The Kier molecular flexibility index (Phi) is 2.88. The fourth-order valence-electron chi connectivity index (χ4n) is 27.2. The first-order valence-electron chi connectivity index (χ1n) is 28.9. The second kappa shape index (κ2) is 7.35. The lowest BCUT2D eigenvalue weighted by Crippen LogP contribution is -2.64. The summed E-state index contributed by atoms with van der Waals surface area (Å²) in [6, 6.07) is 8.62. The van der Waals surface area contributed by atoms with Crippen LogP contribution in [0.15, 0.2) is 41.7 Å². The van der Waals surface area contributed by atoms with Gasteiger partial charge in [-0.1, -0.05) is 24.3 Å². The molecule has 2 heterocycles. The van der Waals surface area contributed by atoms with Gasteiger partial charge in [0.25, 0.3) is 0 Å². The molecule has 6 aliphatic rings. The molecule has 0 aromatic heterocycles. The van der Waals surface area contributed by atoms with Gasteiger partial charge in [0.15, 0.2) is 0 Å². The van der Waals surface area contributed by atoms with E-state index < -0.39 is 28.8 Å². The SMILES string of the molecule is COC(=O)C1=C(C(=O)OC)C23c4c5c6c7c8c9c(c%10c%11c2c2c4c4c%12c5c5c6c6c8c8c%13c9c9c%10c%10c%11c%11c2c2c4c4c%12c%12c5c5c6c8c6c8c%13c9c9c%10c%10c%11c2c2c4c4c%12c5c6c5c8c9c%10c2c45)C73C2c3ccccc3C=CN12. The van der Waals surface area contributed by atoms with Gasteiger partial charge < -0.3 is 14.4 Å². The second-order valence-electron chi connectivity index (χ2n) is 27.8. The van der Waals surface area contributed by atoms with E-state index >= 15 is 9.59 Å². The molecule has 5 heteroatoms. The lowest BCUT2D eigenvalue weighted by molar-refractivity contribution is -0.142. The Bertz CT molecular complexity index is 7850. The minimum Gasteiger partial charge on any atom is -0.466 e. The van der Waals surface area contributed by atoms with Crippen molar-refractivity contribution >= 4 is 309 Å². The maximum Gasteiger partial charge on any atom is 0.355 e. The zero-order valence-corrected chi connectivity index (χ0v) is 41.1. The molecule has 0 radical (unpaired) electrons. The van der Waals surface area contributed by atoms with Crippen molar-refractivity contribution in [2.45, 2.75) is 16.9 Å². The zero-order chi connectivity index (χ0) is 48.8. The van der Waals surface area contributed by atoms with Crippen molar-refractivity contribution in [3.63, 3.8) is 0 Å². The van der Waals surface area contributed by atoms with Crippen molar-refractivity contribution in [1.29, 1.82) is 0 Å². The largest absolute Gasteiger partial charge is 0.466 e. The molecule has 342 valence electrons. The number of hydrogen-bond acceptors (Lipinski definition) is 5. The van der Waals surface area contributed by atoms with Crippen LogP contribution in [-0.2, 0) is 29.9 Å². The van der Waals surface area contributed by atoms with Crippen LogP contribution in [0.5, 0.6) is 0 Å². The number of nitrogens with zero attached hydrogens (tertiary/aromatic N) is 1. The van der Waals surface area contributed by atoms with E-state index in [9.17, 15) is 0 Å². The molecule has 2 aliphatic heterocycles. The van der Waals surface area contributed by atoms with Crippen LogP contribution < -0.4 is 0 Å². The van der Waals surface area contributed by atoms with Gasteiger partial charge in [-0.2, -0.15) is 0 Å². The van der Waals surface area contributed by atoms with Crippen molar-refractivity contribution in [2.24, 2.45) is 0 Å². The van der Waals surface area contributed by atoms with Crippen molar-refractivity contribution < 1.29 is 19.1 Å². The van der Waals surface area contributed by atoms with E-state index in [1.807, 2.05) is 0 Å². The van der Waals surface area contributed by atoms with Crippen molar-refractivity contribution in [3.8, 4) is 0 Å². The van der Waals surface area contributed by atoms with Crippen LogP contribution in [-0.4, -0.2) is 31.1 Å². The van der Waals surface area contributed by atoms with Crippen LogP contribution >= 0.6 is 0 Å². The number of rotatable bonds is 2. The van der Waals surface area contributed by atoms with Gasteiger partial charge in [0.2, 0.25) is 0 Å². The summed E-state index contributed by atoms with van der Waals surface area (Å²) in [5.41, 5.74) is 6.34. The van der Waals surface area contributed by atoms with Gasteiger partial charge in [-0.3, -0.25) is 0 Å². The summed E-state index contributed by atoms with van der Waals surface area (Å²) in [7, 11) is 3.07. The summed E-state index contributed by atoms with van der Waals surface area (Å²) in [6.45, 7) is 0. The predicted octanol–water partition coefficient (Wildman–Crippen LogP) is 17.9. The molecule has 0 saturated heterocycles. The van der Waals surface area contributed by atoms with E-state index in [0.717, 1.165) is 5.56 Å². The van der Waals surface area contributed by atoms with Gasteiger partial charge >= 0.3 is 11.9 Å². The van der Waals surface area contributed by atoms with Crippen LogP contribution in [0.2, 0.25) is 0 Å². The zero-order valence-electron chi connectivity index (χ0n) is 41.1. The van der Waals surface area contributed by atoms with Gasteiger partial charge in [0, 0.05) is 6.20 Å². The molecule has 5 nitrogen and oxygen atoms in total. The first-order valence-corrected chi connectivity index (χ1v) is 28.9. The number of esters is 2. The third kappa shape index (κ3) is 1.73. The van der Waals surface area contributed by atoms with E-state index in [1.54, 1.807) is 71.7 Å². The van der Waals surface area contributed by atoms with Gasteiger partial charge in [-0.05, 0) is 330 Å². The average Bonchev–Trinajstić information content (AvgIpc) is 1.39. The number of hydrogen-bond donors (Lipinski definition) is 0. The quantitative estimate of drug-likeness (QED) is 0.128. The molecular formula is C75H13NO4. The number of carbonyl (C=O) groups excluding carboxylic acids is 2. The topological polar surface area (TPSA) is 55.8 Å². The molecule has 29 aromatic rings. The molecule has 1 unspecified atom stereocenters. The van der Waals surface area contributed by atoms with E-state index in [4.69, 9.17) is 9.47 Å². The summed E-state index contributed by atoms with van der Waals surface area (Å²) in [6.07, 6.45) is 4.34. The molecule has 35 rings (SSSR count). The van der Waals surface area contributed by atoms with Crippen LogP contribution in [0, 0.1) is 0 Å². The first-order chi connectivity index (χ1) is 39.7. The van der Waals surface area contributed by atoms with Crippen LogP contribution in [0.1, 0.15) is 39.4 Å². The second-order valence-corrected chi connectivity index (χ2v) is 27.8. The minimum atomic E-state index is -1.21. The monoisotopic (exact) mass is 991 g/mol. The highest BCUT2D eigenvalue weighted by atomic mass is 16.5. The Morgan fingerprint density at radius 3 is 0.863 bits per heavy atom. The highest BCUT2D eigenvalue weighted by molar-refractivity contribution is 6.82. The highest BCUT2D eigenvalue weighted by Crippen LogP contribution is 2.88. The standard InChI is InChI=1S/C75H13NO4/c1-79-72(77)69-70(73(78)80-2)76-8-7-9-5-3-4-6-10(9)71(76)75-67-61-55-45-37-27-19-15-12-11-13-17(19)25-33(27)47(55)53-43-35(25)29-21(13)22-14(11)18-20-16(12)24-23(15)31(37)41-42-32(24)38-28(20)34-26(18)36-30(22)40-39(29)49(43)57-58-50(40)44(36)54-48(34)56-46(38)52(42)64(63(67)51(41)45)68(75)62(56)60(54)66(58)74(69,75)65(57)59(53)61/h3-8,71H,1-2H3. The van der Waals surface area contributed by atoms with Gasteiger partial charge in [0.1, 0.15) is 5.70 Å². The van der Waals surface area contributed by atoms with Gasteiger partial charge in [0.05, 0.1) is 36.7 Å². The van der Waals surface area contributed by atoms with E-state index in [2.05, 4.69) is 41.4 Å². The predicted molar refractivity (Wildman–Crippen MR) is 325 cm³/mol. The Hall–Kier alpha value is -10.1. The molecule has 0 N–H and O–H groups in total. The summed E-state index contributed by atoms with van der Waals surface area (Å²) >= 11 is 0. The molecular weight excluding hydrogens is 979 g/mol. The molecule has 29 aromatic carbocycles. The summed E-state index contributed by atoms with van der Waals surface area (Å²) in [5.74, 6) is -0.931. The number of carbonyl (C=O) groups is 2. The number of methoxy groups -OCH3 is 2. The smallest absolute Gasteiger partial charge is 0.355 e.